The molecule has 2 heterocycles. The number of hydrogen-bond donors (Lipinski definition) is 1. The van der Waals surface area contributed by atoms with E-state index in [0.717, 1.165) is 25.0 Å². The van der Waals surface area contributed by atoms with Gasteiger partial charge in [0, 0.05) is 13.1 Å². The zero-order valence-corrected chi connectivity index (χ0v) is 19.1. The highest BCUT2D eigenvalue weighted by molar-refractivity contribution is 7.89. The summed E-state index contributed by atoms with van der Waals surface area (Å²) in [6.45, 7) is 2.80. The van der Waals surface area contributed by atoms with E-state index in [0.29, 0.717) is 24.8 Å². The maximum Gasteiger partial charge on any atom is 0.340 e. The Morgan fingerprint density at radius 2 is 1.94 bits per heavy atom. The molecule has 11 heteroatoms. The van der Waals surface area contributed by atoms with E-state index in [1.807, 2.05) is 0 Å². The fourth-order valence-electron chi connectivity index (χ4n) is 3.10. The number of amides is 1. The zero-order valence-electron chi connectivity index (χ0n) is 16.8. The number of likely N-dealkylation sites (tertiary alicyclic amines) is 1. The molecule has 1 fully saturated rings. The van der Waals surface area contributed by atoms with Crippen molar-refractivity contribution in [1.29, 1.82) is 0 Å². The van der Waals surface area contributed by atoms with Crippen LogP contribution in [0.2, 0.25) is 10.0 Å². The van der Waals surface area contributed by atoms with E-state index in [1.165, 1.54) is 6.26 Å². The lowest BCUT2D eigenvalue weighted by atomic mass is 9.99. The summed E-state index contributed by atoms with van der Waals surface area (Å²) >= 11 is 12.1. The second kappa shape index (κ2) is 10.0. The van der Waals surface area contributed by atoms with Crippen LogP contribution in [-0.2, 0) is 26.1 Å². The van der Waals surface area contributed by atoms with Crippen LogP contribution in [0.3, 0.4) is 0 Å². The molecule has 1 aliphatic rings. The minimum Gasteiger partial charge on any atom is -0.468 e. The molecule has 8 nitrogen and oxygen atoms in total. The van der Waals surface area contributed by atoms with Gasteiger partial charge in [-0.15, -0.1) is 0 Å². The summed E-state index contributed by atoms with van der Waals surface area (Å²) in [4.78, 5) is 26.1. The number of hydrogen-bond acceptors (Lipinski definition) is 6. The molecule has 1 aromatic carbocycles. The van der Waals surface area contributed by atoms with Crippen LogP contribution < -0.4 is 4.72 Å². The van der Waals surface area contributed by atoms with Crippen molar-refractivity contribution in [3.8, 4) is 0 Å². The van der Waals surface area contributed by atoms with E-state index in [2.05, 4.69) is 11.6 Å². The molecular weight excluding hydrogens is 467 g/mol. The second-order valence-corrected chi connectivity index (χ2v) is 9.86. The van der Waals surface area contributed by atoms with Crippen LogP contribution in [0.5, 0.6) is 0 Å². The number of ether oxygens (including phenoxy) is 1. The summed E-state index contributed by atoms with van der Waals surface area (Å²) in [7, 11) is -4.08. The average molecular weight is 489 g/mol. The number of esters is 1. The first-order chi connectivity index (χ1) is 14.7. The number of benzene rings is 1. The standard InChI is InChI=1S/C20H22Cl2N2O6S/c1-13-4-6-24(7-5-13)19(25)12-30-20(26)15-9-18(17(22)10-16(15)21)31(27,28)23-11-14-3-2-8-29-14/h2-3,8-10,13,23H,4-7,11-12H2,1H3. The van der Waals surface area contributed by atoms with E-state index in [-0.39, 0.29) is 33.0 Å². The number of furan rings is 1. The highest BCUT2D eigenvalue weighted by atomic mass is 35.5. The van der Waals surface area contributed by atoms with Crippen molar-refractivity contribution in [3.05, 3.63) is 51.9 Å². The smallest absolute Gasteiger partial charge is 0.340 e. The van der Waals surface area contributed by atoms with Gasteiger partial charge >= 0.3 is 5.97 Å². The van der Waals surface area contributed by atoms with E-state index in [9.17, 15) is 18.0 Å². The number of piperidine rings is 1. The van der Waals surface area contributed by atoms with Gasteiger partial charge in [-0.3, -0.25) is 4.79 Å². The summed E-state index contributed by atoms with van der Waals surface area (Å²) < 4.78 is 37.8. The van der Waals surface area contributed by atoms with E-state index >= 15 is 0 Å². The fraction of sp³-hybridized carbons (Fsp3) is 0.400. The van der Waals surface area contributed by atoms with Crippen LogP contribution in [0.15, 0.2) is 39.8 Å². The topological polar surface area (TPSA) is 106 Å². The normalized spacial score (nSPS) is 15.1. The molecule has 168 valence electrons. The molecule has 1 N–H and O–H groups in total. The molecule has 0 bridgehead atoms. The second-order valence-electron chi connectivity index (χ2n) is 7.31. The molecule has 0 radical (unpaired) electrons. The van der Waals surface area contributed by atoms with Crippen LogP contribution in [-0.4, -0.2) is 44.9 Å². The molecule has 1 amide bonds. The van der Waals surface area contributed by atoms with E-state index < -0.39 is 22.6 Å². The number of nitrogens with zero attached hydrogens (tertiary/aromatic N) is 1. The Bertz CT molecular complexity index is 1050. The van der Waals surface area contributed by atoms with Crippen molar-refractivity contribution in [2.75, 3.05) is 19.7 Å². The summed E-state index contributed by atoms with van der Waals surface area (Å²) in [6.07, 6.45) is 3.21. The Balaban J connectivity index is 1.69. The largest absolute Gasteiger partial charge is 0.468 e. The summed E-state index contributed by atoms with van der Waals surface area (Å²) in [5, 5.41) is -0.244. The number of sulfonamides is 1. The van der Waals surface area contributed by atoms with Crippen LogP contribution in [0, 0.1) is 5.92 Å². The van der Waals surface area contributed by atoms with Crippen molar-refractivity contribution >= 4 is 45.1 Å². The van der Waals surface area contributed by atoms with Crippen molar-refractivity contribution < 1.29 is 27.2 Å². The lowest BCUT2D eigenvalue weighted by molar-refractivity contribution is -0.135. The van der Waals surface area contributed by atoms with E-state index in [4.69, 9.17) is 32.4 Å². The third-order valence-electron chi connectivity index (χ3n) is 5.01. The van der Waals surface area contributed by atoms with Crippen molar-refractivity contribution in [2.45, 2.75) is 31.2 Å². The lowest BCUT2D eigenvalue weighted by Gasteiger charge is -2.30. The van der Waals surface area contributed by atoms with Gasteiger partial charge in [0.2, 0.25) is 10.0 Å². The van der Waals surface area contributed by atoms with Gasteiger partial charge < -0.3 is 14.1 Å². The van der Waals surface area contributed by atoms with Crippen LogP contribution in [0.1, 0.15) is 35.9 Å². The predicted molar refractivity (Wildman–Crippen MR) is 114 cm³/mol. The zero-order chi connectivity index (χ0) is 22.6. The first-order valence-corrected chi connectivity index (χ1v) is 11.9. The van der Waals surface area contributed by atoms with Gasteiger partial charge in [-0.05, 0) is 43.0 Å². The molecule has 0 unspecified atom stereocenters. The molecule has 0 aliphatic carbocycles. The third kappa shape index (κ3) is 6.00. The molecule has 0 saturated carbocycles. The summed E-state index contributed by atoms with van der Waals surface area (Å²) in [6, 6.07) is 5.41. The highest BCUT2D eigenvalue weighted by Crippen LogP contribution is 2.29. The molecule has 3 rings (SSSR count). The maximum atomic E-state index is 12.6. The quantitative estimate of drug-likeness (QED) is 0.597. The molecule has 31 heavy (non-hydrogen) atoms. The van der Waals surface area contributed by atoms with E-state index in [1.54, 1.807) is 17.0 Å². The molecule has 1 saturated heterocycles. The van der Waals surface area contributed by atoms with Crippen LogP contribution in [0.4, 0.5) is 0 Å². The predicted octanol–water partition coefficient (Wildman–Crippen LogP) is 3.48. The maximum absolute atomic E-state index is 12.6. The van der Waals surface area contributed by atoms with Crippen LogP contribution >= 0.6 is 23.2 Å². The van der Waals surface area contributed by atoms with Crippen molar-refractivity contribution in [2.24, 2.45) is 5.92 Å². The number of carbonyl (C=O) groups is 2. The van der Waals surface area contributed by atoms with Gasteiger partial charge in [0.15, 0.2) is 6.61 Å². The Morgan fingerprint density at radius 1 is 1.23 bits per heavy atom. The minimum absolute atomic E-state index is 0.0840. The Labute approximate surface area is 190 Å². The lowest BCUT2D eigenvalue weighted by Crippen LogP contribution is -2.40. The van der Waals surface area contributed by atoms with Crippen molar-refractivity contribution in [3.63, 3.8) is 0 Å². The summed E-state index contributed by atoms with van der Waals surface area (Å²) in [5.74, 6) is -0.263. The Hall–Kier alpha value is -2.07. The van der Waals surface area contributed by atoms with Gasteiger partial charge in [0.25, 0.3) is 5.91 Å². The monoisotopic (exact) mass is 488 g/mol. The van der Waals surface area contributed by atoms with Gasteiger partial charge in [0.05, 0.1) is 28.4 Å². The number of nitrogens with one attached hydrogen (secondary N) is 1. The third-order valence-corrected chi connectivity index (χ3v) is 7.19. The first kappa shape index (κ1) is 23.6. The highest BCUT2D eigenvalue weighted by Gasteiger charge is 2.25. The minimum atomic E-state index is -4.08. The van der Waals surface area contributed by atoms with Crippen molar-refractivity contribution in [1.82, 2.24) is 9.62 Å². The molecule has 2 aromatic rings. The average Bonchev–Trinajstić information content (AvgIpc) is 3.24. The van der Waals surface area contributed by atoms with Gasteiger partial charge in [-0.1, -0.05) is 30.1 Å². The number of halogens is 2. The Morgan fingerprint density at radius 3 is 2.58 bits per heavy atom. The molecule has 0 atom stereocenters. The fourth-order valence-corrected chi connectivity index (χ4v) is 4.94. The van der Waals surface area contributed by atoms with Gasteiger partial charge in [-0.25, -0.2) is 17.9 Å². The SMILES string of the molecule is CC1CCN(C(=O)COC(=O)c2cc(S(=O)(=O)NCc3ccco3)c(Cl)cc2Cl)CC1. The number of rotatable bonds is 7. The summed E-state index contributed by atoms with van der Waals surface area (Å²) in [5.41, 5.74) is -0.204. The molecular formula is C20H22Cl2N2O6S. The number of carbonyl (C=O) groups excluding carboxylic acids is 2. The first-order valence-electron chi connectivity index (χ1n) is 9.63. The molecule has 1 aliphatic heterocycles. The Kier molecular flexibility index (Phi) is 7.64. The molecule has 1 aromatic heterocycles. The molecule has 0 spiro atoms. The van der Waals surface area contributed by atoms with Crippen LogP contribution in [0.25, 0.3) is 0 Å². The van der Waals surface area contributed by atoms with Gasteiger partial charge in [0.1, 0.15) is 10.7 Å². The van der Waals surface area contributed by atoms with Gasteiger partial charge in [-0.2, -0.15) is 0 Å².